The van der Waals surface area contributed by atoms with E-state index >= 15 is 0 Å². The molecule has 0 spiro atoms. The van der Waals surface area contributed by atoms with Crippen LogP contribution in [0.25, 0.3) is 0 Å². The molecule has 0 saturated heterocycles. The first-order chi connectivity index (χ1) is 4.27. The molecule has 0 aliphatic carbocycles. The SMILES string of the molecule is CCCCC[CH2][Al]([CH3])[Br]. The summed E-state index contributed by atoms with van der Waals surface area (Å²) < 4.78 is 0. The van der Waals surface area contributed by atoms with Gasteiger partial charge in [-0.05, 0) is 0 Å². The third-order valence-electron chi connectivity index (χ3n) is 1.46. The monoisotopic (exact) mass is 206 g/mol. The van der Waals surface area contributed by atoms with Crippen molar-refractivity contribution >= 4 is 26.4 Å². The predicted octanol–water partition coefficient (Wildman–Crippen LogP) is 3.58. The van der Waals surface area contributed by atoms with Crippen molar-refractivity contribution in [1.29, 1.82) is 0 Å². The molecule has 0 atom stereocenters. The van der Waals surface area contributed by atoms with Crippen LogP contribution in [0, 0.1) is 0 Å². The molecule has 0 aliphatic rings. The highest BCUT2D eigenvalue weighted by Crippen LogP contribution is 2.08. The maximum atomic E-state index is 3.67. The average Bonchev–Trinajstić information content (AvgIpc) is 1.80. The normalized spacial score (nSPS) is 9.67. The minimum atomic E-state index is -0.401. The second-order valence-corrected chi connectivity index (χ2v) is 9.46. The van der Waals surface area contributed by atoms with Gasteiger partial charge in [0.05, 0.1) is 0 Å². The molecular weight excluding hydrogens is 191 g/mol. The Balaban J connectivity index is 2.75. The van der Waals surface area contributed by atoms with Gasteiger partial charge >= 0.3 is 12.3 Å². The van der Waals surface area contributed by atoms with E-state index in [0.29, 0.717) is 0 Å². The summed E-state index contributed by atoms with van der Waals surface area (Å²) in [6.07, 6.45) is 5.68. The highest BCUT2D eigenvalue weighted by molar-refractivity contribution is 9.24. The number of unbranched alkanes of at least 4 members (excludes halogenated alkanes) is 3. The van der Waals surface area contributed by atoms with Crippen molar-refractivity contribution in [1.82, 2.24) is 0 Å². The van der Waals surface area contributed by atoms with E-state index in [0.717, 1.165) is 0 Å². The Kier molecular flexibility index (Phi) is 7.92. The van der Waals surface area contributed by atoms with E-state index in [2.05, 4.69) is 26.8 Å². The Morgan fingerprint density at radius 1 is 1.22 bits per heavy atom. The quantitative estimate of drug-likeness (QED) is 0.477. The van der Waals surface area contributed by atoms with Gasteiger partial charge in [-0.3, -0.25) is 0 Å². The Hall–Kier alpha value is 1.01. The van der Waals surface area contributed by atoms with Crippen LogP contribution in [0.1, 0.15) is 32.6 Å². The number of hydrogen-bond acceptors (Lipinski definition) is 0. The van der Waals surface area contributed by atoms with Crippen molar-refractivity contribution in [3.05, 3.63) is 0 Å². The molecule has 54 valence electrons. The topological polar surface area (TPSA) is 0 Å². The van der Waals surface area contributed by atoms with Crippen molar-refractivity contribution in [2.75, 3.05) is 0 Å². The fourth-order valence-corrected chi connectivity index (χ4v) is 2.67. The van der Waals surface area contributed by atoms with Crippen LogP contribution in [0.5, 0.6) is 0 Å². The predicted molar refractivity (Wildman–Crippen MR) is 49.5 cm³/mol. The Bertz CT molecular complexity index is 54.9. The van der Waals surface area contributed by atoms with Crippen molar-refractivity contribution in [2.24, 2.45) is 0 Å². The molecule has 2 heteroatoms. The molecule has 0 aromatic heterocycles. The van der Waals surface area contributed by atoms with E-state index in [-0.39, 0.29) is 0 Å². The molecule has 0 radical (unpaired) electrons. The lowest BCUT2D eigenvalue weighted by atomic mass is 10.2. The van der Waals surface area contributed by atoms with Gasteiger partial charge in [0.1, 0.15) is 0 Å². The fourth-order valence-electron chi connectivity index (χ4n) is 0.852. The molecule has 0 aliphatic heterocycles. The summed E-state index contributed by atoms with van der Waals surface area (Å²) in [6, 6.07) is 0. The van der Waals surface area contributed by atoms with Gasteiger partial charge in [0.2, 0.25) is 0 Å². The van der Waals surface area contributed by atoms with E-state index < -0.39 is 12.3 Å². The van der Waals surface area contributed by atoms with Gasteiger partial charge in [-0.15, -0.1) is 0 Å². The zero-order valence-electron chi connectivity index (χ0n) is 6.49. The minimum Gasteiger partial charge on any atom is -0.217 e. The zero-order chi connectivity index (χ0) is 7.11. The minimum absolute atomic E-state index is 0.401. The summed E-state index contributed by atoms with van der Waals surface area (Å²) in [6.45, 7) is 2.26. The molecule has 0 N–H and O–H groups in total. The molecular formula is C7H16AlBr. The van der Waals surface area contributed by atoms with Gasteiger partial charge in [0, 0.05) is 0 Å². The van der Waals surface area contributed by atoms with Crippen LogP contribution in [0.2, 0.25) is 11.1 Å². The summed E-state index contributed by atoms with van der Waals surface area (Å²) in [5, 5.41) is 1.47. The lowest BCUT2D eigenvalue weighted by molar-refractivity contribution is 0.700. The lowest BCUT2D eigenvalue weighted by Gasteiger charge is -1.96. The van der Waals surface area contributed by atoms with E-state index in [1.165, 1.54) is 31.0 Å². The Labute approximate surface area is 70.1 Å². The van der Waals surface area contributed by atoms with Crippen LogP contribution in [0.4, 0.5) is 0 Å². The zero-order valence-corrected chi connectivity index (χ0v) is 9.23. The molecule has 0 aromatic carbocycles. The van der Waals surface area contributed by atoms with E-state index in [1.54, 1.807) is 0 Å². The van der Waals surface area contributed by atoms with Crippen LogP contribution < -0.4 is 0 Å². The van der Waals surface area contributed by atoms with Gasteiger partial charge in [0.15, 0.2) is 0 Å². The molecule has 0 nitrogen and oxygen atoms in total. The summed E-state index contributed by atoms with van der Waals surface area (Å²) in [7, 11) is 0. The lowest BCUT2D eigenvalue weighted by Crippen LogP contribution is -1.92. The first-order valence-corrected chi connectivity index (χ1v) is 9.07. The average molecular weight is 207 g/mol. The number of rotatable bonds is 5. The Morgan fingerprint density at radius 3 is 2.33 bits per heavy atom. The van der Waals surface area contributed by atoms with Crippen LogP contribution >= 0.6 is 14.1 Å². The van der Waals surface area contributed by atoms with Crippen molar-refractivity contribution in [3.63, 3.8) is 0 Å². The third kappa shape index (κ3) is 9.01. The second kappa shape index (κ2) is 7.12. The summed E-state index contributed by atoms with van der Waals surface area (Å²) in [5.41, 5.74) is 0. The first-order valence-electron chi connectivity index (χ1n) is 3.91. The van der Waals surface area contributed by atoms with Crippen LogP contribution in [0.3, 0.4) is 0 Å². The molecule has 0 amide bonds. The van der Waals surface area contributed by atoms with Gasteiger partial charge in [-0.1, -0.05) is 43.7 Å². The van der Waals surface area contributed by atoms with E-state index in [1.807, 2.05) is 0 Å². The van der Waals surface area contributed by atoms with Crippen molar-refractivity contribution in [3.8, 4) is 0 Å². The van der Waals surface area contributed by atoms with Gasteiger partial charge in [-0.25, -0.2) is 14.1 Å². The van der Waals surface area contributed by atoms with Crippen LogP contribution in [-0.2, 0) is 0 Å². The van der Waals surface area contributed by atoms with Gasteiger partial charge in [-0.2, -0.15) is 0 Å². The molecule has 0 bridgehead atoms. The van der Waals surface area contributed by atoms with Gasteiger partial charge < -0.3 is 0 Å². The van der Waals surface area contributed by atoms with Gasteiger partial charge in [0.25, 0.3) is 0 Å². The smallest absolute Gasteiger partial charge is 0.217 e. The van der Waals surface area contributed by atoms with E-state index in [4.69, 9.17) is 0 Å². The molecule has 0 heterocycles. The summed E-state index contributed by atoms with van der Waals surface area (Å²) >= 11 is 3.26. The molecule has 9 heavy (non-hydrogen) atoms. The number of halogens is 1. The van der Waals surface area contributed by atoms with E-state index in [9.17, 15) is 0 Å². The van der Waals surface area contributed by atoms with Crippen LogP contribution in [0.15, 0.2) is 0 Å². The second-order valence-electron chi connectivity index (χ2n) is 2.63. The maximum absolute atomic E-state index is 3.67. The third-order valence-corrected chi connectivity index (χ3v) is 4.03. The largest absolute Gasteiger partial charge is 0.362 e. The highest BCUT2D eigenvalue weighted by atomic mass is 79.9. The summed E-state index contributed by atoms with van der Waals surface area (Å²) in [5.74, 6) is 2.35. The molecule has 0 aromatic rings. The van der Waals surface area contributed by atoms with Crippen molar-refractivity contribution < 1.29 is 0 Å². The highest BCUT2D eigenvalue weighted by Gasteiger charge is 2.02. The first kappa shape index (κ1) is 10.0. The van der Waals surface area contributed by atoms with Crippen LogP contribution in [-0.4, -0.2) is 12.3 Å². The van der Waals surface area contributed by atoms with Crippen molar-refractivity contribution in [2.45, 2.75) is 43.7 Å². The molecule has 0 rings (SSSR count). The standard InChI is InChI=1S/C6H13.CH3.Al.BrH/c1-3-5-6-4-2;;;/h1,3-6H2,2H3;1H3;;1H/q;;+1;/p-1. The number of hydrogen-bond donors (Lipinski definition) is 0. The maximum Gasteiger partial charge on any atom is 0.362 e. The summed E-state index contributed by atoms with van der Waals surface area (Å²) in [4.78, 5) is 0. The Morgan fingerprint density at radius 2 is 1.89 bits per heavy atom. The molecule has 0 unspecified atom stereocenters. The molecule has 0 saturated carbocycles. The fraction of sp³-hybridized carbons (Fsp3) is 1.00. The molecule has 0 fully saturated rings.